The highest BCUT2D eigenvalue weighted by Crippen LogP contribution is 2.30. The second-order valence-electron chi connectivity index (χ2n) is 7.03. The highest BCUT2D eigenvalue weighted by atomic mass is 32.2. The van der Waals surface area contributed by atoms with Gasteiger partial charge in [0.15, 0.2) is 0 Å². The SMILES string of the molecule is O=C(CSc1ccc(F)cc1)NCCn1nc(-c2ccncc2)c2c1CCCC2. The molecule has 2 heterocycles. The molecule has 7 heteroatoms. The number of fused-ring (bicyclic) bond motifs is 1. The molecule has 1 amide bonds. The van der Waals surface area contributed by atoms with Crippen LogP contribution < -0.4 is 5.32 Å². The fraction of sp³-hybridized carbons (Fsp3) is 0.318. The zero-order chi connectivity index (χ0) is 20.1. The minimum absolute atomic E-state index is 0.0327. The van der Waals surface area contributed by atoms with Crippen molar-refractivity contribution in [3.63, 3.8) is 0 Å². The Kier molecular flexibility index (Phi) is 6.24. The molecule has 1 aromatic carbocycles. The van der Waals surface area contributed by atoms with E-state index in [2.05, 4.69) is 15.0 Å². The second-order valence-corrected chi connectivity index (χ2v) is 8.08. The van der Waals surface area contributed by atoms with Crippen molar-refractivity contribution in [2.45, 2.75) is 37.1 Å². The Morgan fingerprint density at radius 3 is 2.66 bits per heavy atom. The van der Waals surface area contributed by atoms with E-state index in [1.54, 1.807) is 24.5 Å². The molecule has 0 saturated heterocycles. The van der Waals surface area contributed by atoms with Crippen LogP contribution in [0.1, 0.15) is 24.1 Å². The molecular weight excluding hydrogens is 387 g/mol. The average molecular weight is 411 g/mol. The Labute approximate surface area is 173 Å². The van der Waals surface area contributed by atoms with Gasteiger partial charge < -0.3 is 5.32 Å². The predicted molar refractivity (Wildman–Crippen MR) is 112 cm³/mol. The fourth-order valence-electron chi connectivity index (χ4n) is 3.63. The summed E-state index contributed by atoms with van der Waals surface area (Å²) in [4.78, 5) is 17.1. The van der Waals surface area contributed by atoms with Crippen LogP contribution in [0, 0.1) is 5.82 Å². The lowest BCUT2D eigenvalue weighted by Gasteiger charge is -2.14. The van der Waals surface area contributed by atoms with Crippen LogP contribution in [0.3, 0.4) is 0 Å². The quantitative estimate of drug-likeness (QED) is 0.601. The molecule has 0 aliphatic heterocycles. The summed E-state index contributed by atoms with van der Waals surface area (Å²) in [6, 6.07) is 10.2. The van der Waals surface area contributed by atoms with E-state index in [0.717, 1.165) is 29.0 Å². The second kappa shape index (κ2) is 9.22. The Bertz CT molecular complexity index is 972. The number of hydrogen-bond acceptors (Lipinski definition) is 4. The lowest BCUT2D eigenvalue weighted by Crippen LogP contribution is -2.29. The zero-order valence-electron chi connectivity index (χ0n) is 16.1. The Hall–Kier alpha value is -2.67. The number of nitrogens with one attached hydrogen (secondary N) is 1. The first-order valence-electron chi connectivity index (χ1n) is 9.85. The topological polar surface area (TPSA) is 59.8 Å². The summed E-state index contributed by atoms with van der Waals surface area (Å²) in [5.41, 5.74) is 4.76. The maximum Gasteiger partial charge on any atom is 0.230 e. The van der Waals surface area contributed by atoms with E-state index in [9.17, 15) is 9.18 Å². The monoisotopic (exact) mass is 410 g/mol. The van der Waals surface area contributed by atoms with Gasteiger partial charge in [-0.15, -0.1) is 11.8 Å². The molecule has 1 N–H and O–H groups in total. The molecule has 150 valence electrons. The molecule has 1 aliphatic rings. The number of halogens is 1. The molecule has 0 atom stereocenters. The number of rotatable bonds is 7. The molecule has 2 aromatic heterocycles. The maximum absolute atomic E-state index is 12.9. The molecule has 3 aromatic rings. The van der Waals surface area contributed by atoms with Crippen LogP contribution in [0.2, 0.25) is 0 Å². The van der Waals surface area contributed by atoms with Crippen molar-refractivity contribution < 1.29 is 9.18 Å². The van der Waals surface area contributed by atoms with Crippen LogP contribution in [-0.4, -0.2) is 33.0 Å². The number of aromatic nitrogens is 3. The zero-order valence-corrected chi connectivity index (χ0v) is 16.9. The molecule has 29 heavy (non-hydrogen) atoms. The van der Waals surface area contributed by atoms with E-state index in [1.807, 2.05) is 12.1 Å². The predicted octanol–water partition coefficient (Wildman–Crippen LogP) is 3.87. The van der Waals surface area contributed by atoms with Crippen molar-refractivity contribution in [3.05, 3.63) is 65.9 Å². The Morgan fingerprint density at radius 2 is 1.86 bits per heavy atom. The number of thioether (sulfide) groups is 1. The van der Waals surface area contributed by atoms with Gasteiger partial charge in [-0.25, -0.2) is 4.39 Å². The van der Waals surface area contributed by atoms with Gasteiger partial charge in [-0.1, -0.05) is 0 Å². The fourth-order valence-corrected chi connectivity index (χ4v) is 4.36. The molecule has 0 spiro atoms. The first kappa shape index (κ1) is 19.6. The number of pyridine rings is 1. The van der Waals surface area contributed by atoms with Crippen molar-refractivity contribution in [1.82, 2.24) is 20.1 Å². The van der Waals surface area contributed by atoms with Gasteiger partial charge in [0.25, 0.3) is 0 Å². The summed E-state index contributed by atoms with van der Waals surface area (Å²) in [5, 5.41) is 7.82. The lowest BCUT2D eigenvalue weighted by molar-refractivity contribution is -0.118. The van der Waals surface area contributed by atoms with E-state index in [4.69, 9.17) is 5.10 Å². The van der Waals surface area contributed by atoms with Gasteiger partial charge in [-0.2, -0.15) is 5.10 Å². The summed E-state index contributed by atoms with van der Waals surface area (Å²) >= 11 is 1.40. The standard InChI is InChI=1S/C22H23FN4OS/c23-17-5-7-18(8-6-17)29-15-21(28)25-13-14-27-20-4-2-1-3-19(20)22(26-27)16-9-11-24-12-10-16/h5-12H,1-4,13-15H2,(H,25,28). The normalized spacial score (nSPS) is 13.1. The van der Waals surface area contributed by atoms with Crippen molar-refractivity contribution in [2.75, 3.05) is 12.3 Å². The number of carbonyl (C=O) groups is 1. The summed E-state index contributed by atoms with van der Waals surface area (Å²) in [6.45, 7) is 1.19. The lowest BCUT2D eigenvalue weighted by atomic mass is 9.94. The van der Waals surface area contributed by atoms with E-state index < -0.39 is 0 Å². The van der Waals surface area contributed by atoms with Gasteiger partial charge >= 0.3 is 0 Å². The Balaban J connectivity index is 1.35. The summed E-state index contributed by atoms with van der Waals surface area (Å²) in [5.74, 6) is 0.00711. The first-order valence-corrected chi connectivity index (χ1v) is 10.8. The molecule has 0 unspecified atom stereocenters. The molecule has 1 aliphatic carbocycles. The van der Waals surface area contributed by atoms with Gasteiger partial charge in [0.05, 0.1) is 18.0 Å². The van der Waals surface area contributed by atoms with Gasteiger partial charge in [-0.3, -0.25) is 14.5 Å². The molecule has 4 rings (SSSR count). The molecule has 0 radical (unpaired) electrons. The van der Waals surface area contributed by atoms with Crippen LogP contribution in [0.15, 0.2) is 53.7 Å². The van der Waals surface area contributed by atoms with Crippen LogP contribution >= 0.6 is 11.8 Å². The van der Waals surface area contributed by atoms with Crippen LogP contribution in [0.4, 0.5) is 4.39 Å². The van der Waals surface area contributed by atoms with Crippen molar-refractivity contribution >= 4 is 17.7 Å². The number of carbonyl (C=O) groups excluding carboxylic acids is 1. The highest BCUT2D eigenvalue weighted by molar-refractivity contribution is 8.00. The number of benzene rings is 1. The molecule has 5 nitrogen and oxygen atoms in total. The molecular formula is C22H23FN4OS. The average Bonchev–Trinajstić information content (AvgIpc) is 3.13. The van der Waals surface area contributed by atoms with Gasteiger partial charge in [0, 0.05) is 40.7 Å². The largest absolute Gasteiger partial charge is 0.354 e. The third-order valence-electron chi connectivity index (χ3n) is 5.04. The van der Waals surface area contributed by atoms with E-state index >= 15 is 0 Å². The molecule has 0 fully saturated rings. The Morgan fingerprint density at radius 1 is 1.10 bits per heavy atom. The van der Waals surface area contributed by atoms with E-state index in [0.29, 0.717) is 18.8 Å². The highest BCUT2D eigenvalue weighted by Gasteiger charge is 2.21. The molecule has 0 saturated carbocycles. The van der Waals surface area contributed by atoms with Gasteiger partial charge in [0.2, 0.25) is 5.91 Å². The van der Waals surface area contributed by atoms with E-state index in [-0.39, 0.29) is 11.7 Å². The minimum Gasteiger partial charge on any atom is -0.354 e. The van der Waals surface area contributed by atoms with Crippen molar-refractivity contribution in [3.8, 4) is 11.3 Å². The number of hydrogen-bond donors (Lipinski definition) is 1. The van der Waals surface area contributed by atoms with Crippen molar-refractivity contribution in [2.24, 2.45) is 0 Å². The summed E-state index contributed by atoms with van der Waals surface area (Å²) in [7, 11) is 0. The third-order valence-corrected chi connectivity index (χ3v) is 6.05. The van der Waals surface area contributed by atoms with Gasteiger partial charge in [0.1, 0.15) is 5.82 Å². The maximum atomic E-state index is 12.9. The van der Waals surface area contributed by atoms with Crippen LogP contribution in [-0.2, 0) is 24.2 Å². The first-order chi connectivity index (χ1) is 14.2. The number of amides is 1. The molecule has 0 bridgehead atoms. The smallest absolute Gasteiger partial charge is 0.230 e. The minimum atomic E-state index is -0.271. The van der Waals surface area contributed by atoms with E-state index in [1.165, 1.54) is 48.0 Å². The third kappa shape index (κ3) is 4.85. The summed E-state index contributed by atoms with van der Waals surface area (Å²) < 4.78 is 15.0. The van der Waals surface area contributed by atoms with Crippen LogP contribution in [0.5, 0.6) is 0 Å². The van der Waals surface area contributed by atoms with Crippen molar-refractivity contribution in [1.29, 1.82) is 0 Å². The summed E-state index contributed by atoms with van der Waals surface area (Å²) in [6.07, 6.45) is 8.03. The van der Waals surface area contributed by atoms with Crippen LogP contribution in [0.25, 0.3) is 11.3 Å². The number of nitrogens with zero attached hydrogens (tertiary/aromatic N) is 3. The van der Waals surface area contributed by atoms with Gasteiger partial charge in [-0.05, 0) is 62.1 Å².